The molecule has 3 N–H and O–H groups in total. The van der Waals surface area contributed by atoms with E-state index < -0.39 is 17.7 Å². The summed E-state index contributed by atoms with van der Waals surface area (Å²) >= 11 is 0. The number of halogens is 2. The Balaban J connectivity index is 1.83. The molecule has 104 valence electrons. The fraction of sp³-hybridized carbons (Fsp3) is 0.462. The van der Waals surface area contributed by atoms with Crippen molar-refractivity contribution in [1.29, 1.82) is 0 Å². The third kappa shape index (κ3) is 3.64. The van der Waals surface area contributed by atoms with Crippen LogP contribution in [0.3, 0.4) is 0 Å². The summed E-state index contributed by atoms with van der Waals surface area (Å²) < 4.78 is 26.4. The zero-order valence-corrected chi connectivity index (χ0v) is 10.5. The molecule has 0 atom stereocenters. The van der Waals surface area contributed by atoms with Crippen LogP contribution in [-0.4, -0.2) is 30.1 Å². The van der Waals surface area contributed by atoms with Gasteiger partial charge in [0.1, 0.15) is 11.6 Å². The normalized spacial score (nSPS) is 16.6. The summed E-state index contributed by atoms with van der Waals surface area (Å²) in [6.07, 6.45) is 1.53. The van der Waals surface area contributed by atoms with Crippen LogP contribution in [0.15, 0.2) is 18.2 Å². The number of urea groups is 1. The molecule has 0 aliphatic carbocycles. The third-order valence-electron chi connectivity index (χ3n) is 3.40. The van der Waals surface area contributed by atoms with Crippen molar-refractivity contribution in [3.8, 4) is 0 Å². The molecule has 4 nitrogen and oxygen atoms in total. The SMILES string of the molecule is NC(=O)N1CCC(NCc2cc(F)ccc2F)CC1. The molecule has 2 rings (SSSR count). The van der Waals surface area contributed by atoms with Gasteiger partial charge < -0.3 is 16.0 Å². The summed E-state index contributed by atoms with van der Waals surface area (Å²) in [5, 5.41) is 3.18. The highest BCUT2D eigenvalue weighted by Gasteiger charge is 2.20. The molecule has 1 heterocycles. The van der Waals surface area contributed by atoms with E-state index in [4.69, 9.17) is 5.73 Å². The monoisotopic (exact) mass is 269 g/mol. The Morgan fingerprint density at radius 2 is 2.05 bits per heavy atom. The maximum Gasteiger partial charge on any atom is 0.314 e. The predicted molar refractivity (Wildman–Crippen MR) is 67.4 cm³/mol. The van der Waals surface area contributed by atoms with Crippen LogP contribution in [0.5, 0.6) is 0 Å². The predicted octanol–water partition coefficient (Wildman–Crippen LogP) is 1.60. The minimum absolute atomic E-state index is 0.193. The van der Waals surface area contributed by atoms with Crippen molar-refractivity contribution in [2.75, 3.05) is 13.1 Å². The quantitative estimate of drug-likeness (QED) is 0.875. The van der Waals surface area contributed by atoms with Crippen LogP contribution in [0.1, 0.15) is 18.4 Å². The van der Waals surface area contributed by atoms with Crippen LogP contribution < -0.4 is 11.1 Å². The maximum atomic E-state index is 13.4. The first-order valence-corrected chi connectivity index (χ1v) is 6.28. The number of amides is 2. The van der Waals surface area contributed by atoms with Gasteiger partial charge in [-0.2, -0.15) is 0 Å². The summed E-state index contributed by atoms with van der Waals surface area (Å²) in [4.78, 5) is 12.5. The smallest absolute Gasteiger partial charge is 0.314 e. The third-order valence-corrected chi connectivity index (χ3v) is 3.40. The van der Waals surface area contributed by atoms with Crippen molar-refractivity contribution in [3.05, 3.63) is 35.4 Å². The van der Waals surface area contributed by atoms with Gasteiger partial charge in [0.2, 0.25) is 0 Å². The van der Waals surface area contributed by atoms with Gasteiger partial charge in [-0.05, 0) is 31.0 Å². The molecular weight excluding hydrogens is 252 g/mol. The largest absolute Gasteiger partial charge is 0.351 e. The lowest BCUT2D eigenvalue weighted by Gasteiger charge is -2.31. The first-order chi connectivity index (χ1) is 9.06. The topological polar surface area (TPSA) is 58.4 Å². The number of hydrogen-bond donors (Lipinski definition) is 2. The molecule has 1 aliphatic rings. The summed E-state index contributed by atoms with van der Waals surface area (Å²) in [5.74, 6) is -0.856. The lowest BCUT2D eigenvalue weighted by Crippen LogP contribution is -2.46. The van der Waals surface area contributed by atoms with Crippen molar-refractivity contribution in [3.63, 3.8) is 0 Å². The van der Waals surface area contributed by atoms with Gasteiger partial charge in [-0.3, -0.25) is 0 Å². The van der Waals surface area contributed by atoms with E-state index in [1.807, 2.05) is 0 Å². The second kappa shape index (κ2) is 5.97. The van der Waals surface area contributed by atoms with Crippen LogP contribution in [0, 0.1) is 11.6 Å². The molecule has 2 amide bonds. The molecule has 1 aromatic carbocycles. The number of nitrogens with zero attached hydrogens (tertiary/aromatic N) is 1. The second-order valence-electron chi connectivity index (χ2n) is 4.72. The van der Waals surface area contributed by atoms with E-state index in [2.05, 4.69) is 5.32 Å². The summed E-state index contributed by atoms with van der Waals surface area (Å²) in [6, 6.07) is 3.21. The van der Waals surface area contributed by atoms with Crippen LogP contribution in [0.25, 0.3) is 0 Å². The average Bonchev–Trinajstić information content (AvgIpc) is 2.40. The Labute approximate surface area is 110 Å². The van der Waals surface area contributed by atoms with Crippen LogP contribution >= 0.6 is 0 Å². The highest BCUT2D eigenvalue weighted by molar-refractivity contribution is 5.72. The number of carbonyl (C=O) groups is 1. The number of rotatable bonds is 3. The van der Waals surface area contributed by atoms with Gasteiger partial charge in [0.05, 0.1) is 0 Å². The number of benzene rings is 1. The van der Waals surface area contributed by atoms with E-state index in [1.54, 1.807) is 4.90 Å². The number of hydrogen-bond acceptors (Lipinski definition) is 2. The summed E-state index contributed by atoms with van der Waals surface area (Å²) in [7, 11) is 0. The van der Waals surface area contributed by atoms with Crippen molar-refractivity contribution in [2.45, 2.75) is 25.4 Å². The van der Waals surface area contributed by atoms with Crippen molar-refractivity contribution >= 4 is 6.03 Å². The van der Waals surface area contributed by atoms with Gasteiger partial charge >= 0.3 is 6.03 Å². The molecule has 0 unspecified atom stereocenters. The Morgan fingerprint density at radius 1 is 1.37 bits per heavy atom. The highest BCUT2D eigenvalue weighted by atomic mass is 19.1. The van der Waals surface area contributed by atoms with Crippen molar-refractivity contribution < 1.29 is 13.6 Å². The van der Waals surface area contributed by atoms with Crippen LogP contribution in [0.2, 0.25) is 0 Å². The number of primary amides is 1. The van der Waals surface area contributed by atoms with Gasteiger partial charge in [-0.25, -0.2) is 13.6 Å². The molecule has 0 aromatic heterocycles. The standard InChI is InChI=1S/C13H17F2N3O/c14-10-1-2-12(15)9(7-10)8-17-11-3-5-18(6-4-11)13(16)19/h1-2,7,11,17H,3-6,8H2,(H2,16,19). The number of likely N-dealkylation sites (tertiary alicyclic amines) is 1. The molecule has 1 aliphatic heterocycles. The van der Waals surface area contributed by atoms with E-state index in [0.717, 1.165) is 25.0 Å². The average molecular weight is 269 g/mol. The molecule has 1 aromatic rings. The molecular formula is C13H17F2N3O. The highest BCUT2D eigenvalue weighted by Crippen LogP contribution is 2.13. The molecule has 6 heteroatoms. The molecule has 1 fully saturated rings. The first kappa shape index (κ1) is 13.7. The molecule has 0 bridgehead atoms. The van der Waals surface area contributed by atoms with Crippen molar-refractivity contribution in [2.24, 2.45) is 5.73 Å². The lowest BCUT2D eigenvalue weighted by molar-refractivity contribution is 0.185. The Bertz CT molecular complexity index is 459. The van der Waals surface area contributed by atoms with Gasteiger partial charge in [-0.15, -0.1) is 0 Å². The molecule has 1 saturated heterocycles. The Hall–Kier alpha value is -1.69. The summed E-state index contributed by atoms with van der Waals surface area (Å²) in [6.45, 7) is 1.47. The fourth-order valence-corrected chi connectivity index (χ4v) is 2.24. The minimum Gasteiger partial charge on any atom is -0.351 e. The van der Waals surface area contributed by atoms with E-state index >= 15 is 0 Å². The van der Waals surface area contributed by atoms with E-state index in [9.17, 15) is 13.6 Å². The Kier molecular flexibility index (Phi) is 4.31. The molecule has 0 spiro atoms. The lowest BCUT2D eigenvalue weighted by atomic mass is 10.0. The van der Waals surface area contributed by atoms with E-state index in [1.165, 1.54) is 6.07 Å². The Morgan fingerprint density at radius 3 is 2.68 bits per heavy atom. The van der Waals surface area contributed by atoms with E-state index in [0.29, 0.717) is 18.7 Å². The van der Waals surface area contributed by atoms with Gasteiger partial charge in [0, 0.05) is 31.2 Å². The zero-order valence-electron chi connectivity index (χ0n) is 10.5. The molecule has 19 heavy (non-hydrogen) atoms. The summed E-state index contributed by atoms with van der Waals surface area (Å²) in [5.41, 5.74) is 5.51. The fourth-order valence-electron chi connectivity index (χ4n) is 2.24. The second-order valence-corrected chi connectivity index (χ2v) is 4.72. The van der Waals surface area contributed by atoms with Gasteiger partial charge in [0.15, 0.2) is 0 Å². The maximum absolute atomic E-state index is 13.4. The van der Waals surface area contributed by atoms with Crippen molar-refractivity contribution in [1.82, 2.24) is 10.2 Å². The van der Waals surface area contributed by atoms with Gasteiger partial charge in [-0.1, -0.05) is 0 Å². The number of carbonyl (C=O) groups excluding carboxylic acids is 1. The minimum atomic E-state index is -0.443. The van der Waals surface area contributed by atoms with E-state index in [-0.39, 0.29) is 12.6 Å². The number of piperidine rings is 1. The number of nitrogens with two attached hydrogens (primary N) is 1. The van der Waals surface area contributed by atoms with Crippen LogP contribution in [0.4, 0.5) is 13.6 Å². The molecule has 0 radical (unpaired) electrons. The van der Waals surface area contributed by atoms with Crippen LogP contribution in [-0.2, 0) is 6.54 Å². The molecule has 0 saturated carbocycles. The van der Waals surface area contributed by atoms with Gasteiger partial charge in [0.25, 0.3) is 0 Å². The number of nitrogens with one attached hydrogen (secondary N) is 1. The first-order valence-electron chi connectivity index (χ1n) is 6.28. The zero-order chi connectivity index (χ0) is 13.8.